The van der Waals surface area contributed by atoms with E-state index in [1.165, 1.54) is 5.56 Å². The maximum absolute atomic E-state index is 12.1. The number of benzene rings is 1. The number of morpholine rings is 1. The Balaban J connectivity index is 1.53. The van der Waals surface area contributed by atoms with Gasteiger partial charge < -0.3 is 14.8 Å². The molecule has 1 aromatic rings. The molecule has 0 unspecified atom stereocenters. The van der Waals surface area contributed by atoms with Crippen molar-refractivity contribution in [2.45, 2.75) is 32.4 Å². The number of rotatable bonds is 6. The minimum Gasteiger partial charge on any atom is -0.379 e. The van der Waals surface area contributed by atoms with Gasteiger partial charge in [-0.3, -0.25) is 9.69 Å². The Bertz CT molecular complexity index is 526. The number of hydrogen-bond acceptors (Lipinski definition) is 4. The summed E-state index contributed by atoms with van der Waals surface area (Å²) >= 11 is 0. The molecule has 126 valence electrons. The second-order valence-electron chi connectivity index (χ2n) is 6.27. The third kappa shape index (κ3) is 4.10. The van der Waals surface area contributed by atoms with Crippen LogP contribution in [0.1, 0.15) is 31.9 Å². The molecular formula is C18H26N2O3. The summed E-state index contributed by atoms with van der Waals surface area (Å²) in [5, 5.41) is 2.99. The number of amides is 1. The van der Waals surface area contributed by atoms with E-state index in [0.29, 0.717) is 12.6 Å². The maximum atomic E-state index is 12.1. The van der Waals surface area contributed by atoms with Gasteiger partial charge in [0, 0.05) is 31.4 Å². The second kappa shape index (κ2) is 7.43. The normalized spacial score (nSPS) is 25.8. The fraction of sp³-hybridized carbons (Fsp3) is 0.611. The number of ether oxygens (including phenoxy) is 2. The highest BCUT2D eigenvalue weighted by molar-refractivity contribution is 5.94. The molecule has 1 aliphatic heterocycles. The van der Waals surface area contributed by atoms with Gasteiger partial charge in [-0.05, 0) is 38.0 Å². The van der Waals surface area contributed by atoms with Crippen LogP contribution < -0.4 is 5.32 Å². The lowest BCUT2D eigenvalue weighted by atomic mass is 10.1. The molecule has 1 N–H and O–H groups in total. The van der Waals surface area contributed by atoms with Crippen molar-refractivity contribution in [1.29, 1.82) is 0 Å². The minimum atomic E-state index is 0.0156. The number of nitrogens with zero attached hydrogens (tertiary/aromatic N) is 1. The van der Waals surface area contributed by atoms with E-state index in [4.69, 9.17) is 9.47 Å². The Kier molecular flexibility index (Phi) is 5.30. The zero-order chi connectivity index (χ0) is 16.2. The molecule has 1 saturated carbocycles. The first kappa shape index (κ1) is 16.4. The molecule has 0 bridgehead atoms. The van der Waals surface area contributed by atoms with Crippen molar-refractivity contribution in [3.8, 4) is 0 Å². The van der Waals surface area contributed by atoms with Gasteiger partial charge in [-0.1, -0.05) is 12.1 Å². The Labute approximate surface area is 137 Å². The topological polar surface area (TPSA) is 50.8 Å². The van der Waals surface area contributed by atoms with Crippen LogP contribution in [0.2, 0.25) is 0 Å². The molecule has 1 amide bonds. The average molecular weight is 318 g/mol. The molecule has 5 nitrogen and oxygen atoms in total. The first-order chi connectivity index (χ1) is 11.2. The van der Waals surface area contributed by atoms with E-state index in [0.717, 1.165) is 38.4 Å². The van der Waals surface area contributed by atoms with Crippen molar-refractivity contribution in [3.05, 3.63) is 29.8 Å². The van der Waals surface area contributed by atoms with E-state index in [9.17, 15) is 4.79 Å². The first-order valence-electron chi connectivity index (χ1n) is 8.53. The third-order valence-corrected chi connectivity index (χ3v) is 4.70. The SMILES string of the molecule is CCO[C@@H]1C[C@H]1C(=O)Nc1ccc([C@H](C)N2CCOCC2)cc1. The van der Waals surface area contributed by atoms with Crippen molar-refractivity contribution in [2.75, 3.05) is 38.2 Å². The van der Waals surface area contributed by atoms with Crippen LogP contribution in [0.25, 0.3) is 0 Å². The lowest BCUT2D eigenvalue weighted by Gasteiger charge is -2.32. The highest BCUT2D eigenvalue weighted by Crippen LogP contribution is 2.34. The van der Waals surface area contributed by atoms with Crippen molar-refractivity contribution in [2.24, 2.45) is 5.92 Å². The lowest BCUT2D eigenvalue weighted by Crippen LogP contribution is -2.38. The van der Waals surface area contributed by atoms with E-state index in [-0.39, 0.29) is 17.9 Å². The number of anilines is 1. The summed E-state index contributed by atoms with van der Waals surface area (Å²) in [6.07, 6.45) is 0.951. The van der Waals surface area contributed by atoms with Crippen LogP contribution in [0.15, 0.2) is 24.3 Å². The Morgan fingerprint density at radius 1 is 1.35 bits per heavy atom. The van der Waals surface area contributed by atoms with Gasteiger partial charge in [0.05, 0.1) is 25.2 Å². The van der Waals surface area contributed by atoms with Crippen LogP contribution in [0.3, 0.4) is 0 Å². The molecule has 23 heavy (non-hydrogen) atoms. The lowest BCUT2D eigenvalue weighted by molar-refractivity contribution is -0.118. The van der Waals surface area contributed by atoms with Gasteiger partial charge in [0.2, 0.25) is 5.91 Å². The molecule has 3 rings (SSSR count). The number of carbonyl (C=O) groups is 1. The molecular weight excluding hydrogens is 292 g/mol. The predicted octanol–water partition coefficient (Wildman–Crippen LogP) is 2.44. The standard InChI is InChI=1S/C18H26N2O3/c1-3-23-17-12-16(17)18(21)19-15-6-4-14(5-7-15)13(2)20-8-10-22-11-9-20/h4-7,13,16-17H,3,8-12H2,1-2H3,(H,19,21)/t13-,16+,17+/m0/s1. The monoisotopic (exact) mass is 318 g/mol. The highest BCUT2D eigenvalue weighted by atomic mass is 16.5. The van der Waals surface area contributed by atoms with Gasteiger partial charge in [-0.25, -0.2) is 0 Å². The predicted molar refractivity (Wildman–Crippen MR) is 89.4 cm³/mol. The summed E-state index contributed by atoms with van der Waals surface area (Å²) in [4.78, 5) is 14.5. The van der Waals surface area contributed by atoms with Gasteiger partial charge in [0.1, 0.15) is 0 Å². The molecule has 1 aliphatic carbocycles. The highest BCUT2D eigenvalue weighted by Gasteiger charge is 2.43. The second-order valence-corrected chi connectivity index (χ2v) is 6.27. The van der Waals surface area contributed by atoms with Gasteiger partial charge in [0.15, 0.2) is 0 Å². The van der Waals surface area contributed by atoms with Gasteiger partial charge in [-0.15, -0.1) is 0 Å². The van der Waals surface area contributed by atoms with E-state index >= 15 is 0 Å². The minimum absolute atomic E-state index is 0.0156. The molecule has 1 aromatic carbocycles. The van der Waals surface area contributed by atoms with E-state index in [1.807, 2.05) is 19.1 Å². The number of carbonyl (C=O) groups excluding carboxylic acids is 1. The zero-order valence-corrected chi connectivity index (χ0v) is 14.0. The van der Waals surface area contributed by atoms with Crippen LogP contribution in [0.5, 0.6) is 0 Å². The molecule has 2 aliphatic rings. The fourth-order valence-electron chi connectivity index (χ4n) is 3.10. The number of hydrogen-bond donors (Lipinski definition) is 1. The van der Waals surface area contributed by atoms with Crippen molar-refractivity contribution < 1.29 is 14.3 Å². The molecule has 2 fully saturated rings. The molecule has 0 radical (unpaired) electrons. The smallest absolute Gasteiger partial charge is 0.230 e. The van der Waals surface area contributed by atoms with Gasteiger partial charge >= 0.3 is 0 Å². The van der Waals surface area contributed by atoms with Crippen LogP contribution in [0.4, 0.5) is 5.69 Å². The Morgan fingerprint density at radius 2 is 2.04 bits per heavy atom. The van der Waals surface area contributed by atoms with E-state index < -0.39 is 0 Å². The molecule has 5 heteroatoms. The van der Waals surface area contributed by atoms with Crippen LogP contribution in [-0.2, 0) is 14.3 Å². The summed E-state index contributed by atoms with van der Waals surface area (Å²) in [5.41, 5.74) is 2.12. The average Bonchev–Trinajstić information content (AvgIpc) is 3.35. The van der Waals surface area contributed by atoms with Crippen molar-refractivity contribution >= 4 is 11.6 Å². The summed E-state index contributed by atoms with van der Waals surface area (Å²) < 4.78 is 10.9. The summed E-state index contributed by atoms with van der Waals surface area (Å²) in [5.74, 6) is 0.0827. The van der Waals surface area contributed by atoms with E-state index in [2.05, 4.69) is 29.3 Å². The molecule has 3 atom stereocenters. The van der Waals surface area contributed by atoms with Crippen molar-refractivity contribution in [1.82, 2.24) is 4.90 Å². The van der Waals surface area contributed by atoms with Gasteiger partial charge in [-0.2, -0.15) is 0 Å². The van der Waals surface area contributed by atoms with Crippen LogP contribution >= 0.6 is 0 Å². The first-order valence-corrected chi connectivity index (χ1v) is 8.53. The fourth-order valence-corrected chi connectivity index (χ4v) is 3.10. The largest absolute Gasteiger partial charge is 0.379 e. The summed E-state index contributed by atoms with van der Waals surface area (Å²) in [6.45, 7) is 8.40. The molecule has 0 aromatic heterocycles. The maximum Gasteiger partial charge on any atom is 0.230 e. The Morgan fingerprint density at radius 3 is 2.70 bits per heavy atom. The number of nitrogens with one attached hydrogen (secondary N) is 1. The molecule has 0 spiro atoms. The van der Waals surface area contributed by atoms with Crippen LogP contribution in [-0.4, -0.2) is 49.8 Å². The van der Waals surface area contributed by atoms with Gasteiger partial charge in [0.25, 0.3) is 0 Å². The van der Waals surface area contributed by atoms with E-state index in [1.54, 1.807) is 0 Å². The third-order valence-electron chi connectivity index (χ3n) is 4.70. The zero-order valence-electron chi connectivity index (χ0n) is 14.0. The molecule has 1 saturated heterocycles. The quantitative estimate of drug-likeness (QED) is 0.875. The van der Waals surface area contributed by atoms with Crippen molar-refractivity contribution in [3.63, 3.8) is 0 Å². The van der Waals surface area contributed by atoms with Crippen LogP contribution in [0, 0.1) is 5.92 Å². The molecule has 1 heterocycles. The summed E-state index contributed by atoms with van der Waals surface area (Å²) in [7, 11) is 0. The Hall–Kier alpha value is -1.43. The summed E-state index contributed by atoms with van der Waals surface area (Å²) in [6, 6.07) is 8.55.